The van der Waals surface area contributed by atoms with Gasteiger partial charge in [0.2, 0.25) is 0 Å². The molecular weight excluding hydrogens is 318 g/mol. The van der Waals surface area contributed by atoms with Crippen LogP contribution in [-0.2, 0) is 6.42 Å². The molecule has 0 amide bonds. The van der Waals surface area contributed by atoms with Crippen LogP contribution in [0, 0.1) is 5.41 Å². The number of halogens is 1. The summed E-state index contributed by atoms with van der Waals surface area (Å²) in [6.07, 6.45) is 5.45. The van der Waals surface area contributed by atoms with Gasteiger partial charge in [0.05, 0.1) is 12.0 Å². The zero-order valence-corrected chi connectivity index (χ0v) is 13.8. The van der Waals surface area contributed by atoms with E-state index >= 15 is 0 Å². The van der Waals surface area contributed by atoms with Crippen molar-refractivity contribution in [1.82, 2.24) is 20.6 Å². The Morgan fingerprint density at radius 2 is 2.00 bits per heavy atom. The highest BCUT2D eigenvalue weighted by Crippen LogP contribution is 2.19. The first-order valence-electron chi connectivity index (χ1n) is 7.16. The van der Waals surface area contributed by atoms with Gasteiger partial charge in [0, 0.05) is 35.0 Å². The van der Waals surface area contributed by atoms with Crippen molar-refractivity contribution in [3.8, 4) is 0 Å². The SMILES string of the molecule is N=C(NCCCc1c[nH]cn1)NCCSc1ccc(Cl)cc1. The van der Waals surface area contributed by atoms with Gasteiger partial charge in [-0.1, -0.05) is 11.6 Å². The van der Waals surface area contributed by atoms with Gasteiger partial charge in [0.1, 0.15) is 0 Å². The lowest BCUT2D eigenvalue weighted by molar-refractivity contribution is 0.739. The van der Waals surface area contributed by atoms with Crippen LogP contribution < -0.4 is 10.6 Å². The molecule has 1 aromatic heterocycles. The molecule has 0 aliphatic rings. The minimum Gasteiger partial charge on any atom is -0.357 e. The third-order valence-electron chi connectivity index (χ3n) is 2.95. The number of hydrogen-bond acceptors (Lipinski definition) is 3. The summed E-state index contributed by atoms with van der Waals surface area (Å²) in [4.78, 5) is 8.28. The van der Waals surface area contributed by atoms with Crippen molar-refractivity contribution in [2.75, 3.05) is 18.8 Å². The van der Waals surface area contributed by atoms with Gasteiger partial charge in [0.25, 0.3) is 0 Å². The Morgan fingerprint density at radius 1 is 1.23 bits per heavy atom. The van der Waals surface area contributed by atoms with Crippen LogP contribution in [0.25, 0.3) is 0 Å². The van der Waals surface area contributed by atoms with Gasteiger partial charge in [-0.15, -0.1) is 11.8 Å². The molecule has 4 N–H and O–H groups in total. The van der Waals surface area contributed by atoms with E-state index in [1.165, 1.54) is 4.90 Å². The van der Waals surface area contributed by atoms with Gasteiger partial charge in [-0.25, -0.2) is 4.98 Å². The number of aromatic amines is 1. The molecule has 0 bridgehead atoms. The minimum atomic E-state index is 0.374. The number of nitrogens with one attached hydrogen (secondary N) is 4. The largest absolute Gasteiger partial charge is 0.357 e. The lowest BCUT2D eigenvalue weighted by Crippen LogP contribution is -2.38. The van der Waals surface area contributed by atoms with Gasteiger partial charge >= 0.3 is 0 Å². The molecule has 2 rings (SSSR count). The van der Waals surface area contributed by atoms with E-state index in [1.807, 2.05) is 30.5 Å². The number of aryl methyl sites for hydroxylation is 1. The predicted molar refractivity (Wildman–Crippen MR) is 92.8 cm³/mol. The lowest BCUT2D eigenvalue weighted by Gasteiger charge is -2.10. The van der Waals surface area contributed by atoms with Crippen LogP contribution in [0.4, 0.5) is 0 Å². The summed E-state index contributed by atoms with van der Waals surface area (Å²) in [5.74, 6) is 1.28. The standard InChI is InChI=1S/C15H20ClN5S/c16-12-3-5-14(6-4-12)22-9-8-20-15(17)19-7-1-2-13-10-18-11-21-13/h3-6,10-11H,1-2,7-9H2,(H,18,21)(H3,17,19,20). The maximum Gasteiger partial charge on any atom is 0.188 e. The molecule has 0 aliphatic carbocycles. The first-order valence-corrected chi connectivity index (χ1v) is 8.53. The van der Waals surface area contributed by atoms with Crippen LogP contribution in [0.1, 0.15) is 12.1 Å². The summed E-state index contributed by atoms with van der Waals surface area (Å²) < 4.78 is 0. The van der Waals surface area contributed by atoms with Gasteiger partial charge in [0.15, 0.2) is 5.96 Å². The fourth-order valence-corrected chi connectivity index (χ4v) is 2.74. The normalized spacial score (nSPS) is 10.4. The van der Waals surface area contributed by atoms with Crippen molar-refractivity contribution in [2.45, 2.75) is 17.7 Å². The number of imidazole rings is 1. The third-order valence-corrected chi connectivity index (χ3v) is 4.22. The molecule has 0 atom stereocenters. The Bertz CT molecular complexity index is 556. The molecule has 0 fully saturated rings. The van der Waals surface area contributed by atoms with Crippen molar-refractivity contribution in [3.05, 3.63) is 47.5 Å². The fourth-order valence-electron chi connectivity index (χ4n) is 1.85. The summed E-state index contributed by atoms with van der Waals surface area (Å²) in [6.45, 7) is 1.52. The van der Waals surface area contributed by atoms with Crippen LogP contribution in [0.3, 0.4) is 0 Å². The van der Waals surface area contributed by atoms with E-state index < -0.39 is 0 Å². The third kappa shape index (κ3) is 6.41. The molecule has 0 saturated carbocycles. The highest BCUT2D eigenvalue weighted by molar-refractivity contribution is 7.99. The molecule has 0 spiro atoms. The topological polar surface area (TPSA) is 76.6 Å². The molecule has 7 heteroatoms. The summed E-state index contributed by atoms with van der Waals surface area (Å²) in [5, 5.41) is 14.7. The first kappa shape index (κ1) is 16.7. The zero-order valence-electron chi connectivity index (χ0n) is 12.2. The number of aromatic nitrogens is 2. The Kier molecular flexibility index (Phi) is 7.12. The summed E-state index contributed by atoms with van der Waals surface area (Å²) in [7, 11) is 0. The summed E-state index contributed by atoms with van der Waals surface area (Å²) in [5.41, 5.74) is 1.06. The van der Waals surface area contributed by atoms with E-state index in [9.17, 15) is 0 Å². The van der Waals surface area contributed by atoms with Gasteiger partial charge in [-0.05, 0) is 37.1 Å². The molecule has 0 aliphatic heterocycles. The van der Waals surface area contributed by atoms with Crippen molar-refractivity contribution >= 4 is 29.3 Å². The second kappa shape index (κ2) is 9.38. The van der Waals surface area contributed by atoms with Gasteiger partial charge in [-0.3, -0.25) is 5.41 Å². The fraction of sp³-hybridized carbons (Fsp3) is 0.333. The Morgan fingerprint density at radius 3 is 2.73 bits per heavy atom. The van der Waals surface area contributed by atoms with Crippen molar-refractivity contribution < 1.29 is 0 Å². The van der Waals surface area contributed by atoms with Crippen LogP contribution >= 0.6 is 23.4 Å². The summed E-state index contributed by atoms with van der Waals surface area (Å²) >= 11 is 7.58. The number of nitrogens with zero attached hydrogens (tertiary/aromatic N) is 1. The average molecular weight is 338 g/mol. The van der Waals surface area contributed by atoms with E-state index in [4.69, 9.17) is 17.0 Å². The molecule has 0 radical (unpaired) electrons. The number of rotatable bonds is 8. The van der Waals surface area contributed by atoms with E-state index in [2.05, 4.69) is 20.6 Å². The smallest absolute Gasteiger partial charge is 0.188 e. The molecule has 0 saturated heterocycles. The molecule has 0 unspecified atom stereocenters. The maximum atomic E-state index is 7.78. The molecule has 1 heterocycles. The number of thioether (sulfide) groups is 1. The van der Waals surface area contributed by atoms with Crippen molar-refractivity contribution in [2.24, 2.45) is 0 Å². The van der Waals surface area contributed by atoms with Crippen LogP contribution in [0.2, 0.25) is 5.02 Å². The van der Waals surface area contributed by atoms with E-state index in [0.29, 0.717) is 5.96 Å². The molecular formula is C15H20ClN5S. The second-order valence-electron chi connectivity index (χ2n) is 4.70. The predicted octanol–water partition coefficient (Wildman–Crippen LogP) is 2.90. The second-order valence-corrected chi connectivity index (χ2v) is 6.30. The Labute approximate surface area is 139 Å². The zero-order chi connectivity index (χ0) is 15.6. The highest BCUT2D eigenvalue weighted by atomic mass is 35.5. The monoisotopic (exact) mass is 337 g/mol. The Balaban J connectivity index is 1.49. The number of hydrogen-bond donors (Lipinski definition) is 4. The van der Waals surface area contributed by atoms with Gasteiger partial charge < -0.3 is 15.6 Å². The molecule has 5 nitrogen and oxygen atoms in total. The van der Waals surface area contributed by atoms with Crippen LogP contribution in [0.15, 0.2) is 41.7 Å². The summed E-state index contributed by atoms with van der Waals surface area (Å²) in [6, 6.07) is 7.79. The van der Waals surface area contributed by atoms with E-state index in [-0.39, 0.29) is 0 Å². The quantitative estimate of drug-likeness (QED) is 0.258. The van der Waals surface area contributed by atoms with Crippen LogP contribution in [-0.4, -0.2) is 34.8 Å². The average Bonchev–Trinajstić information content (AvgIpc) is 3.03. The molecule has 1 aromatic carbocycles. The number of benzene rings is 1. The van der Waals surface area contributed by atoms with E-state index in [1.54, 1.807) is 18.1 Å². The Hall–Kier alpha value is -1.66. The number of guanidine groups is 1. The first-order chi connectivity index (χ1) is 10.7. The number of H-pyrrole nitrogens is 1. The molecule has 2 aromatic rings. The molecule has 22 heavy (non-hydrogen) atoms. The van der Waals surface area contributed by atoms with E-state index in [0.717, 1.165) is 42.4 Å². The lowest BCUT2D eigenvalue weighted by atomic mass is 10.2. The minimum absolute atomic E-state index is 0.374. The van der Waals surface area contributed by atoms with Crippen molar-refractivity contribution in [3.63, 3.8) is 0 Å². The van der Waals surface area contributed by atoms with Crippen LogP contribution in [0.5, 0.6) is 0 Å². The highest BCUT2D eigenvalue weighted by Gasteiger charge is 1.98. The molecule has 118 valence electrons. The van der Waals surface area contributed by atoms with Gasteiger partial charge in [-0.2, -0.15) is 0 Å². The van der Waals surface area contributed by atoms with Crippen molar-refractivity contribution in [1.29, 1.82) is 5.41 Å². The maximum absolute atomic E-state index is 7.78.